The Morgan fingerprint density at radius 2 is 2.03 bits per heavy atom. The number of hydrogen-bond donors (Lipinski definition) is 1. The molecule has 164 valence electrons. The van der Waals surface area contributed by atoms with Gasteiger partial charge in [-0.2, -0.15) is 9.29 Å². The van der Waals surface area contributed by atoms with E-state index in [0.29, 0.717) is 51.6 Å². The fourth-order valence-electron chi connectivity index (χ4n) is 3.52. The highest BCUT2D eigenvalue weighted by Gasteiger charge is 2.35. The van der Waals surface area contributed by atoms with Crippen molar-refractivity contribution < 1.29 is 17.7 Å². The van der Waals surface area contributed by atoms with Crippen LogP contribution in [-0.4, -0.2) is 41.9 Å². The average molecular weight is 481 g/mol. The van der Waals surface area contributed by atoms with Gasteiger partial charge in [-0.1, -0.05) is 16.8 Å². The van der Waals surface area contributed by atoms with Crippen LogP contribution in [0.1, 0.15) is 23.6 Å². The molecule has 3 aromatic rings. The van der Waals surface area contributed by atoms with E-state index < -0.39 is 15.9 Å². The van der Waals surface area contributed by atoms with E-state index in [2.05, 4.69) is 15.5 Å². The lowest BCUT2D eigenvalue weighted by atomic mass is 9.99. The highest BCUT2D eigenvalue weighted by atomic mass is 35.5. The normalized spacial score (nSPS) is 17.6. The minimum absolute atomic E-state index is 0.133. The highest BCUT2D eigenvalue weighted by Crippen LogP contribution is 2.35. The molecule has 0 aliphatic carbocycles. The van der Waals surface area contributed by atoms with Gasteiger partial charge in [-0.15, -0.1) is 11.3 Å². The van der Waals surface area contributed by atoms with Crippen molar-refractivity contribution in [3.63, 3.8) is 0 Å². The maximum atomic E-state index is 13.3. The Morgan fingerprint density at radius 3 is 2.71 bits per heavy atom. The smallest absolute Gasteiger partial charge is 0.244 e. The van der Waals surface area contributed by atoms with Crippen molar-refractivity contribution in [2.75, 3.05) is 18.4 Å². The number of aryl methyl sites for hydroxylation is 2. The third kappa shape index (κ3) is 4.67. The first-order valence-corrected chi connectivity index (χ1v) is 12.3. The van der Waals surface area contributed by atoms with Crippen LogP contribution in [0.15, 0.2) is 39.8 Å². The molecule has 2 aromatic heterocycles. The van der Waals surface area contributed by atoms with Gasteiger partial charge >= 0.3 is 0 Å². The molecule has 1 aliphatic rings. The molecule has 0 saturated carbocycles. The first kappa shape index (κ1) is 21.9. The van der Waals surface area contributed by atoms with Gasteiger partial charge in [0, 0.05) is 35.6 Å². The molecular formula is C20H21ClN4O4S2. The topological polar surface area (TPSA) is 105 Å². The number of hydrogen-bond acceptors (Lipinski definition) is 7. The monoisotopic (exact) mass is 480 g/mol. The number of nitrogens with zero attached hydrogens (tertiary/aromatic N) is 3. The van der Waals surface area contributed by atoms with E-state index in [9.17, 15) is 13.2 Å². The summed E-state index contributed by atoms with van der Waals surface area (Å²) < 4.78 is 33.1. The Kier molecular flexibility index (Phi) is 6.16. The maximum absolute atomic E-state index is 13.3. The number of anilines is 1. The Labute approximate surface area is 189 Å². The van der Waals surface area contributed by atoms with Crippen LogP contribution in [0, 0.1) is 19.8 Å². The van der Waals surface area contributed by atoms with E-state index in [1.54, 1.807) is 44.2 Å². The number of amides is 1. The molecule has 1 saturated heterocycles. The van der Waals surface area contributed by atoms with E-state index in [-0.39, 0.29) is 17.3 Å². The van der Waals surface area contributed by atoms with Gasteiger partial charge < -0.3 is 9.84 Å². The van der Waals surface area contributed by atoms with Gasteiger partial charge in [-0.25, -0.2) is 8.42 Å². The van der Waals surface area contributed by atoms with Gasteiger partial charge in [0.1, 0.15) is 0 Å². The molecular weight excluding hydrogens is 460 g/mol. The summed E-state index contributed by atoms with van der Waals surface area (Å²) in [5, 5.41) is 7.29. The lowest BCUT2D eigenvalue weighted by Crippen LogP contribution is -2.43. The minimum Gasteiger partial charge on any atom is -0.339 e. The third-order valence-electron chi connectivity index (χ3n) is 5.10. The van der Waals surface area contributed by atoms with Crippen LogP contribution < -0.4 is 5.32 Å². The Bertz CT molecular complexity index is 1200. The van der Waals surface area contributed by atoms with Crippen LogP contribution in [0.4, 0.5) is 5.69 Å². The first-order chi connectivity index (χ1) is 14.7. The minimum atomic E-state index is -3.76. The standard InChI is InChI=1S/C20H21ClN4O4S2/c1-12-18(10-17(30-12)19-22-13(2)29-24-19)31(27,28)25-9-3-4-14(11-25)20(26)23-16-7-5-15(21)6-8-16/h5-8,10,14H,3-4,9,11H2,1-2H3,(H,23,26)/t14-/m0/s1. The van der Waals surface area contributed by atoms with Crippen LogP contribution in [0.3, 0.4) is 0 Å². The summed E-state index contributed by atoms with van der Waals surface area (Å²) in [6, 6.07) is 8.39. The van der Waals surface area contributed by atoms with E-state index in [4.69, 9.17) is 16.1 Å². The third-order valence-corrected chi connectivity index (χ3v) is 8.52. The number of carbonyl (C=O) groups excluding carboxylic acids is 1. The summed E-state index contributed by atoms with van der Waals surface area (Å²) in [4.78, 5) is 18.4. The van der Waals surface area contributed by atoms with Crippen molar-refractivity contribution in [2.45, 2.75) is 31.6 Å². The van der Waals surface area contributed by atoms with Crippen LogP contribution in [-0.2, 0) is 14.8 Å². The number of aromatic nitrogens is 2. The van der Waals surface area contributed by atoms with Gasteiger partial charge in [0.05, 0.1) is 15.7 Å². The molecule has 0 bridgehead atoms. The van der Waals surface area contributed by atoms with Gasteiger partial charge in [-0.3, -0.25) is 4.79 Å². The molecule has 0 radical (unpaired) electrons. The average Bonchev–Trinajstić information content (AvgIpc) is 3.35. The quantitative estimate of drug-likeness (QED) is 0.589. The fourth-order valence-corrected chi connectivity index (χ4v) is 6.66. The van der Waals surface area contributed by atoms with Crippen LogP contribution in [0.25, 0.3) is 10.7 Å². The van der Waals surface area contributed by atoms with Crippen molar-refractivity contribution in [3.05, 3.63) is 46.1 Å². The molecule has 1 atom stereocenters. The predicted molar refractivity (Wildman–Crippen MR) is 119 cm³/mol. The van der Waals surface area contributed by atoms with Crippen LogP contribution >= 0.6 is 22.9 Å². The van der Waals surface area contributed by atoms with Gasteiger partial charge in [0.25, 0.3) is 0 Å². The Balaban J connectivity index is 1.51. The number of benzene rings is 1. The number of carbonyl (C=O) groups is 1. The predicted octanol–water partition coefficient (Wildman–Crippen LogP) is 4.11. The number of nitrogens with one attached hydrogen (secondary N) is 1. The largest absolute Gasteiger partial charge is 0.339 e. The van der Waals surface area contributed by atoms with Crippen molar-refractivity contribution >= 4 is 44.6 Å². The molecule has 1 aliphatic heterocycles. The number of thiophene rings is 1. The SMILES string of the molecule is Cc1nc(-c2cc(S(=O)(=O)N3CCC[C@H](C(=O)Nc4ccc(Cl)cc4)C3)c(C)s2)no1. The molecule has 1 aromatic carbocycles. The Morgan fingerprint density at radius 1 is 1.29 bits per heavy atom. The van der Waals surface area contributed by atoms with Gasteiger partial charge in [0.2, 0.25) is 27.6 Å². The molecule has 0 spiro atoms. The zero-order valence-corrected chi connectivity index (χ0v) is 19.4. The molecule has 31 heavy (non-hydrogen) atoms. The molecule has 3 heterocycles. The van der Waals surface area contributed by atoms with Crippen LogP contribution in [0.2, 0.25) is 5.02 Å². The molecule has 11 heteroatoms. The zero-order valence-electron chi connectivity index (χ0n) is 17.0. The van der Waals surface area contributed by atoms with Crippen molar-refractivity contribution in [3.8, 4) is 10.7 Å². The van der Waals surface area contributed by atoms with Gasteiger partial charge in [0.15, 0.2) is 0 Å². The number of piperidine rings is 1. The molecule has 1 amide bonds. The number of sulfonamides is 1. The lowest BCUT2D eigenvalue weighted by molar-refractivity contribution is -0.120. The van der Waals surface area contributed by atoms with Crippen molar-refractivity contribution in [1.82, 2.24) is 14.4 Å². The Hall–Kier alpha value is -2.27. The summed E-state index contributed by atoms with van der Waals surface area (Å²) in [6.07, 6.45) is 1.24. The van der Waals surface area contributed by atoms with E-state index >= 15 is 0 Å². The summed E-state index contributed by atoms with van der Waals surface area (Å²) in [7, 11) is -3.76. The van der Waals surface area contributed by atoms with Gasteiger partial charge in [-0.05, 0) is 50.1 Å². The lowest BCUT2D eigenvalue weighted by Gasteiger charge is -2.31. The highest BCUT2D eigenvalue weighted by molar-refractivity contribution is 7.89. The molecule has 1 N–H and O–H groups in total. The second-order valence-corrected chi connectivity index (χ2v) is 11.0. The molecule has 0 unspecified atom stereocenters. The molecule has 1 fully saturated rings. The van der Waals surface area contributed by atoms with E-state index in [1.165, 1.54) is 15.6 Å². The zero-order chi connectivity index (χ0) is 22.2. The maximum Gasteiger partial charge on any atom is 0.244 e. The summed E-state index contributed by atoms with van der Waals surface area (Å²) in [5.41, 5.74) is 0.628. The number of halogens is 1. The summed E-state index contributed by atoms with van der Waals surface area (Å²) in [5.74, 6) is 0.145. The van der Waals surface area contributed by atoms with Crippen molar-refractivity contribution in [2.24, 2.45) is 5.92 Å². The van der Waals surface area contributed by atoms with Crippen LogP contribution in [0.5, 0.6) is 0 Å². The number of rotatable bonds is 5. The van der Waals surface area contributed by atoms with Crippen molar-refractivity contribution in [1.29, 1.82) is 0 Å². The first-order valence-electron chi connectivity index (χ1n) is 9.72. The molecule has 4 rings (SSSR count). The summed E-state index contributed by atoms with van der Waals surface area (Å²) in [6.45, 7) is 3.94. The summed E-state index contributed by atoms with van der Waals surface area (Å²) >= 11 is 7.18. The fraction of sp³-hybridized carbons (Fsp3) is 0.350. The molecule has 8 nitrogen and oxygen atoms in total. The van der Waals surface area contributed by atoms with E-state index in [1.807, 2.05) is 0 Å². The second-order valence-electron chi connectivity index (χ2n) is 7.37. The van der Waals surface area contributed by atoms with E-state index in [0.717, 1.165) is 0 Å². The second kappa shape index (κ2) is 8.70.